The summed E-state index contributed by atoms with van der Waals surface area (Å²) in [5.41, 5.74) is 1.84. The van der Waals surface area contributed by atoms with Crippen molar-refractivity contribution >= 4 is 24.2 Å². The molecule has 0 unspecified atom stereocenters. The number of amides is 1. The van der Waals surface area contributed by atoms with Crippen molar-refractivity contribution in [3.8, 4) is 0 Å². The Labute approximate surface area is 141 Å². The fourth-order valence-corrected chi connectivity index (χ4v) is 2.54. The second-order valence-corrected chi connectivity index (χ2v) is 6.25. The van der Waals surface area contributed by atoms with Crippen LogP contribution in [-0.4, -0.2) is 18.0 Å². The average Bonchev–Trinajstić information content (AvgIpc) is 2.73. The van der Waals surface area contributed by atoms with Gasteiger partial charge in [-0.1, -0.05) is 18.7 Å². The molecule has 1 aromatic carbocycles. The first-order valence-electron chi connectivity index (χ1n) is 7.66. The molecule has 126 valence electrons. The Bertz CT molecular complexity index is 753. The minimum atomic E-state index is -1.03. The number of rotatable bonds is 4. The first-order chi connectivity index (χ1) is 11.2. The number of benzene rings is 1. The van der Waals surface area contributed by atoms with Gasteiger partial charge in [-0.05, 0) is 62.5 Å². The van der Waals surface area contributed by atoms with Crippen LogP contribution in [0.4, 0.5) is 10.1 Å². The summed E-state index contributed by atoms with van der Waals surface area (Å²) in [5.74, 6) is -0.987. The van der Waals surface area contributed by atoms with Crippen molar-refractivity contribution < 1.29 is 18.9 Å². The molecule has 0 radical (unpaired) electrons. The second-order valence-electron chi connectivity index (χ2n) is 6.25. The maximum absolute atomic E-state index is 13.7. The highest BCUT2D eigenvalue weighted by atomic mass is 19.1. The van der Waals surface area contributed by atoms with Crippen molar-refractivity contribution in [1.82, 2.24) is 0 Å². The number of hydrogen-bond donors (Lipinski definition) is 2. The van der Waals surface area contributed by atoms with Gasteiger partial charge in [0.15, 0.2) is 0 Å². The Kier molecular flexibility index (Phi) is 5.11. The Morgan fingerprint density at radius 3 is 2.71 bits per heavy atom. The molecule has 6 heteroatoms. The minimum Gasteiger partial charge on any atom is -0.423 e. The predicted octanol–water partition coefficient (Wildman–Crippen LogP) is 2.95. The van der Waals surface area contributed by atoms with E-state index in [2.05, 4.69) is 11.9 Å². The highest BCUT2D eigenvalue weighted by Gasteiger charge is 2.40. The number of anilines is 1. The lowest BCUT2D eigenvalue weighted by Crippen LogP contribution is -2.29. The van der Waals surface area contributed by atoms with E-state index in [9.17, 15) is 14.2 Å². The van der Waals surface area contributed by atoms with Gasteiger partial charge >= 0.3 is 7.12 Å². The summed E-state index contributed by atoms with van der Waals surface area (Å²) < 4.78 is 19.2. The largest absolute Gasteiger partial charge is 0.492 e. The first-order valence-corrected chi connectivity index (χ1v) is 7.66. The van der Waals surface area contributed by atoms with E-state index in [4.69, 9.17) is 4.65 Å². The van der Waals surface area contributed by atoms with Crippen LogP contribution in [0.25, 0.3) is 0 Å². The lowest BCUT2D eigenvalue weighted by Gasteiger charge is -2.19. The minimum absolute atomic E-state index is 0.188. The van der Waals surface area contributed by atoms with Crippen LogP contribution < -0.4 is 10.8 Å². The number of hydrogen-bond acceptors (Lipinski definition) is 3. The van der Waals surface area contributed by atoms with E-state index < -0.39 is 24.5 Å². The van der Waals surface area contributed by atoms with Crippen LogP contribution in [0.2, 0.25) is 0 Å². The summed E-state index contributed by atoms with van der Waals surface area (Å²) in [4.78, 5) is 12.3. The van der Waals surface area contributed by atoms with Crippen LogP contribution in [0.1, 0.15) is 33.3 Å². The van der Waals surface area contributed by atoms with Crippen LogP contribution in [0.5, 0.6) is 0 Å². The molecular weight excluding hydrogens is 308 g/mol. The fourth-order valence-electron chi connectivity index (χ4n) is 2.54. The predicted molar refractivity (Wildman–Crippen MR) is 94.6 cm³/mol. The molecule has 2 N–H and O–H groups in total. The third-order valence-corrected chi connectivity index (χ3v) is 3.89. The summed E-state index contributed by atoms with van der Waals surface area (Å²) in [5, 5.41) is 12.7. The molecule has 4 nitrogen and oxygen atoms in total. The monoisotopic (exact) mass is 329 g/mol. The highest BCUT2D eigenvalue weighted by molar-refractivity contribution is 6.62. The van der Waals surface area contributed by atoms with Crippen molar-refractivity contribution in [1.29, 1.82) is 0 Å². The molecule has 0 saturated carbocycles. The molecule has 0 atom stereocenters. The van der Waals surface area contributed by atoms with E-state index in [1.165, 1.54) is 13.0 Å². The maximum Gasteiger partial charge on any atom is 0.492 e. The molecule has 0 bridgehead atoms. The molecule has 0 spiro atoms. The Balaban J connectivity index is 2.23. The molecule has 24 heavy (non-hydrogen) atoms. The summed E-state index contributed by atoms with van der Waals surface area (Å²) in [6.45, 7) is 10.4. The van der Waals surface area contributed by atoms with E-state index in [0.717, 1.165) is 11.6 Å². The van der Waals surface area contributed by atoms with E-state index in [1.807, 2.05) is 13.8 Å². The van der Waals surface area contributed by atoms with Gasteiger partial charge in [-0.2, -0.15) is 0 Å². The van der Waals surface area contributed by atoms with E-state index in [1.54, 1.807) is 25.1 Å². The van der Waals surface area contributed by atoms with E-state index in [-0.39, 0.29) is 11.1 Å². The van der Waals surface area contributed by atoms with Crippen molar-refractivity contribution in [2.75, 3.05) is 5.32 Å². The van der Waals surface area contributed by atoms with Gasteiger partial charge in [0.1, 0.15) is 5.83 Å². The van der Waals surface area contributed by atoms with Crippen molar-refractivity contribution in [3.63, 3.8) is 0 Å². The SMILES string of the molecule is C=C(C)C(F)=CC(=CC)C(=O)Nc1ccc2c(c1)B(O)OC2(C)C. The molecule has 1 aliphatic heterocycles. The lowest BCUT2D eigenvalue weighted by atomic mass is 9.78. The summed E-state index contributed by atoms with van der Waals surface area (Å²) in [6.07, 6.45) is 2.67. The molecule has 2 rings (SSSR count). The first kappa shape index (κ1) is 18.2. The number of nitrogens with one attached hydrogen (secondary N) is 1. The third-order valence-electron chi connectivity index (χ3n) is 3.89. The summed E-state index contributed by atoms with van der Waals surface area (Å²) in [6, 6.07) is 5.20. The topological polar surface area (TPSA) is 58.6 Å². The van der Waals surface area contributed by atoms with Crippen LogP contribution in [0, 0.1) is 0 Å². The number of halogens is 1. The Morgan fingerprint density at radius 1 is 1.46 bits per heavy atom. The number of carbonyl (C=O) groups excluding carboxylic acids is 1. The number of allylic oxidation sites excluding steroid dienone is 3. The second kappa shape index (κ2) is 6.75. The summed E-state index contributed by atoms with van der Waals surface area (Å²) in [7, 11) is -1.03. The molecule has 0 fully saturated rings. The number of carbonyl (C=O) groups is 1. The average molecular weight is 329 g/mol. The molecule has 0 saturated heterocycles. The van der Waals surface area contributed by atoms with Crippen molar-refractivity contribution in [2.24, 2.45) is 0 Å². The highest BCUT2D eigenvalue weighted by Crippen LogP contribution is 2.30. The molecule has 0 aliphatic carbocycles. The molecule has 1 heterocycles. The number of fused-ring (bicyclic) bond motifs is 1. The standard InChI is InChI=1S/C18H21BFNO3/c1-6-12(9-16(20)11(2)3)17(22)21-13-7-8-14-15(10-13)19(23)24-18(14,4)5/h6-10,23H,2H2,1,3-5H3,(H,21,22). The third kappa shape index (κ3) is 3.66. The van der Waals surface area contributed by atoms with Gasteiger partial charge in [-0.3, -0.25) is 4.79 Å². The lowest BCUT2D eigenvalue weighted by molar-refractivity contribution is -0.112. The van der Waals surface area contributed by atoms with Crippen LogP contribution >= 0.6 is 0 Å². The van der Waals surface area contributed by atoms with Gasteiger partial charge in [-0.25, -0.2) is 4.39 Å². The zero-order chi connectivity index (χ0) is 18.1. The van der Waals surface area contributed by atoms with Crippen molar-refractivity contribution in [2.45, 2.75) is 33.3 Å². The molecule has 1 amide bonds. The molecule has 1 aliphatic rings. The quantitative estimate of drug-likeness (QED) is 0.507. The van der Waals surface area contributed by atoms with Gasteiger partial charge in [0.2, 0.25) is 0 Å². The van der Waals surface area contributed by atoms with Gasteiger partial charge < -0.3 is 15.0 Å². The van der Waals surface area contributed by atoms with Crippen molar-refractivity contribution in [3.05, 3.63) is 59.5 Å². The smallest absolute Gasteiger partial charge is 0.423 e. The van der Waals surface area contributed by atoms with E-state index >= 15 is 0 Å². The zero-order valence-corrected chi connectivity index (χ0v) is 14.3. The summed E-state index contributed by atoms with van der Waals surface area (Å²) >= 11 is 0. The van der Waals surface area contributed by atoms with Gasteiger partial charge in [-0.15, -0.1) is 0 Å². The van der Waals surface area contributed by atoms with Crippen LogP contribution in [0.3, 0.4) is 0 Å². The molecule has 0 aromatic heterocycles. The molecular formula is C18H21BFNO3. The Morgan fingerprint density at radius 2 is 2.12 bits per heavy atom. The zero-order valence-electron chi connectivity index (χ0n) is 14.3. The molecule has 1 aromatic rings. The van der Waals surface area contributed by atoms with E-state index in [0.29, 0.717) is 11.2 Å². The van der Waals surface area contributed by atoms with Gasteiger partial charge in [0, 0.05) is 11.3 Å². The normalized spacial score (nSPS) is 16.8. The van der Waals surface area contributed by atoms with Crippen LogP contribution in [0.15, 0.2) is 53.9 Å². The Hall–Kier alpha value is -2.18. The maximum atomic E-state index is 13.7. The van der Waals surface area contributed by atoms with Crippen LogP contribution in [-0.2, 0) is 15.0 Å². The fraction of sp³-hybridized carbons (Fsp3) is 0.278. The van der Waals surface area contributed by atoms with Gasteiger partial charge in [0.25, 0.3) is 5.91 Å². The van der Waals surface area contributed by atoms with Gasteiger partial charge in [0.05, 0.1) is 5.60 Å².